The maximum Gasteiger partial charge on any atom is 0.224 e. The van der Waals surface area contributed by atoms with E-state index < -0.39 is 0 Å². The van der Waals surface area contributed by atoms with Gasteiger partial charge in [0.05, 0.1) is 5.39 Å². The third-order valence-corrected chi connectivity index (χ3v) is 2.90. The monoisotopic (exact) mass is 257 g/mol. The molecule has 0 amide bonds. The Balaban J connectivity index is 2.25. The van der Waals surface area contributed by atoms with E-state index in [1.165, 1.54) is 12.1 Å². The number of fused-ring (bicyclic) bond motifs is 1. The number of hydrogen-bond donors (Lipinski definition) is 1. The van der Waals surface area contributed by atoms with Crippen molar-refractivity contribution in [3.63, 3.8) is 0 Å². The van der Waals surface area contributed by atoms with Gasteiger partial charge < -0.3 is 5.32 Å². The zero-order valence-electron chi connectivity index (χ0n) is 10.6. The van der Waals surface area contributed by atoms with Crippen LogP contribution in [0.25, 0.3) is 22.3 Å². The van der Waals surface area contributed by atoms with Gasteiger partial charge in [-0.25, -0.2) is 14.1 Å². The van der Waals surface area contributed by atoms with Crippen LogP contribution in [-0.4, -0.2) is 26.8 Å². The van der Waals surface area contributed by atoms with Crippen molar-refractivity contribution in [2.75, 3.05) is 12.4 Å². The van der Waals surface area contributed by atoms with Crippen molar-refractivity contribution in [3.05, 3.63) is 36.3 Å². The largest absolute Gasteiger partial charge is 0.357 e. The Morgan fingerprint density at radius 3 is 2.89 bits per heavy atom. The Morgan fingerprint density at radius 1 is 1.32 bits per heavy atom. The van der Waals surface area contributed by atoms with E-state index in [2.05, 4.69) is 20.4 Å². The predicted octanol–water partition coefficient (Wildman–Crippen LogP) is 2.21. The summed E-state index contributed by atoms with van der Waals surface area (Å²) >= 11 is 0. The third kappa shape index (κ3) is 1.91. The normalized spacial score (nSPS) is 10.9. The number of aromatic nitrogens is 4. The van der Waals surface area contributed by atoms with Gasteiger partial charge in [-0.15, -0.1) is 0 Å². The average Bonchev–Trinajstić information content (AvgIpc) is 2.76. The van der Waals surface area contributed by atoms with Crippen molar-refractivity contribution in [1.29, 1.82) is 0 Å². The van der Waals surface area contributed by atoms with Gasteiger partial charge in [0.1, 0.15) is 11.5 Å². The van der Waals surface area contributed by atoms with Crippen LogP contribution in [0.1, 0.15) is 0 Å². The molecule has 3 rings (SSSR count). The lowest BCUT2D eigenvalue weighted by Crippen LogP contribution is -1.98. The molecule has 0 fully saturated rings. The summed E-state index contributed by atoms with van der Waals surface area (Å²) in [5, 5.41) is 8.08. The summed E-state index contributed by atoms with van der Waals surface area (Å²) < 4.78 is 15.0. The number of halogens is 1. The summed E-state index contributed by atoms with van der Waals surface area (Å²) in [6.07, 6.45) is 1.70. The molecular formula is C13H12FN5. The molecule has 0 aliphatic carbocycles. The molecule has 0 aliphatic rings. The maximum atomic E-state index is 13.3. The fourth-order valence-corrected chi connectivity index (χ4v) is 2.01. The molecule has 96 valence electrons. The van der Waals surface area contributed by atoms with Crippen LogP contribution in [0, 0.1) is 5.82 Å². The van der Waals surface area contributed by atoms with Gasteiger partial charge in [0.2, 0.25) is 5.95 Å². The highest BCUT2D eigenvalue weighted by atomic mass is 19.1. The molecule has 5 nitrogen and oxygen atoms in total. The molecule has 6 heteroatoms. The molecule has 0 bridgehead atoms. The first-order valence-electron chi connectivity index (χ1n) is 5.82. The lowest BCUT2D eigenvalue weighted by Gasteiger charge is -1.99. The van der Waals surface area contributed by atoms with E-state index in [4.69, 9.17) is 0 Å². The first-order chi connectivity index (χ1) is 9.19. The average molecular weight is 257 g/mol. The number of nitrogens with zero attached hydrogens (tertiary/aromatic N) is 4. The van der Waals surface area contributed by atoms with Crippen LogP contribution >= 0.6 is 0 Å². The minimum Gasteiger partial charge on any atom is -0.357 e. The second-order valence-corrected chi connectivity index (χ2v) is 4.16. The van der Waals surface area contributed by atoms with E-state index >= 15 is 0 Å². The van der Waals surface area contributed by atoms with Gasteiger partial charge in [0.15, 0.2) is 5.65 Å². The van der Waals surface area contributed by atoms with Gasteiger partial charge in [-0.1, -0.05) is 12.1 Å². The lowest BCUT2D eigenvalue weighted by molar-refractivity contribution is 0.628. The summed E-state index contributed by atoms with van der Waals surface area (Å²) in [4.78, 5) is 8.52. The molecule has 0 aliphatic heterocycles. The molecule has 2 heterocycles. The highest BCUT2D eigenvalue weighted by Crippen LogP contribution is 2.26. The van der Waals surface area contributed by atoms with Crippen LogP contribution in [0.15, 0.2) is 30.5 Å². The molecular weight excluding hydrogens is 245 g/mol. The number of aryl methyl sites for hydroxylation is 1. The molecule has 2 aromatic heterocycles. The Bertz CT molecular complexity index is 750. The Hall–Kier alpha value is -2.50. The van der Waals surface area contributed by atoms with Crippen LogP contribution in [-0.2, 0) is 7.05 Å². The molecule has 0 spiro atoms. The van der Waals surface area contributed by atoms with Gasteiger partial charge in [0, 0.05) is 25.9 Å². The highest BCUT2D eigenvalue weighted by Gasteiger charge is 2.13. The van der Waals surface area contributed by atoms with E-state index in [1.807, 2.05) is 6.07 Å². The molecule has 3 aromatic rings. The number of hydrogen-bond acceptors (Lipinski definition) is 4. The van der Waals surface area contributed by atoms with Crippen molar-refractivity contribution in [2.24, 2.45) is 7.05 Å². The maximum absolute atomic E-state index is 13.3. The molecule has 0 atom stereocenters. The number of rotatable bonds is 2. The molecule has 0 unspecified atom stereocenters. The number of anilines is 1. The lowest BCUT2D eigenvalue weighted by atomic mass is 10.1. The quantitative estimate of drug-likeness (QED) is 0.764. The van der Waals surface area contributed by atoms with E-state index in [1.54, 1.807) is 31.0 Å². The molecule has 19 heavy (non-hydrogen) atoms. The van der Waals surface area contributed by atoms with Crippen LogP contribution < -0.4 is 5.32 Å². The van der Waals surface area contributed by atoms with Crippen LogP contribution in [0.2, 0.25) is 0 Å². The fourth-order valence-electron chi connectivity index (χ4n) is 2.01. The van der Waals surface area contributed by atoms with Crippen molar-refractivity contribution in [3.8, 4) is 11.3 Å². The van der Waals surface area contributed by atoms with Crippen LogP contribution in [0.3, 0.4) is 0 Å². The zero-order valence-corrected chi connectivity index (χ0v) is 10.6. The van der Waals surface area contributed by atoms with E-state index in [9.17, 15) is 4.39 Å². The first-order valence-corrected chi connectivity index (χ1v) is 5.82. The molecule has 0 saturated heterocycles. The standard InChI is InChI=1S/C13H12FN5/c1-15-13-16-7-10-11(18-19(2)12(10)17-13)8-4-3-5-9(14)6-8/h3-7H,1-2H3,(H,15,16,17). The van der Waals surface area contributed by atoms with Gasteiger partial charge in [-0.2, -0.15) is 10.1 Å². The summed E-state index contributed by atoms with van der Waals surface area (Å²) in [5.41, 5.74) is 2.10. The van der Waals surface area contributed by atoms with Crippen molar-refractivity contribution < 1.29 is 4.39 Å². The highest BCUT2D eigenvalue weighted by molar-refractivity contribution is 5.91. The van der Waals surface area contributed by atoms with Gasteiger partial charge >= 0.3 is 0 Å². The Labute approximate surface area is 109 Å². The Morgan fingerprint density at radius 2 is 2.16 bits per heavy atom. The number of benzene rings is 1. The predicted molar refractivity (Wildman–Crippen MR) is 71.2 cm³/mol. The SMILES string of the molecule is CNc1ncc2c(-c3cccc(F)c3)nn(C)c2n1. The second kappa shape index (κ2) is 4.31. The van der Waals surface area contributed by atoms with Gasteiger partial charge in [0.25, 0.3) is 0 Å². The molecule has 0 radical (unpaired) electrons. The second-order valence-electron chi connectivity index (χ2n) is 4.16. The van der Waals surface area contributed by atoms with E-state index in [-0.39, 0.29) is 5.82 Å². The van der Waals surface area contributed by atoms with Crippen molar-refractivity contribution in [1.82, 2.24) is 19.7 Å². The van der Waals surface area contributed by atoms with Crippen molar-refractivity contribution in [2.45, 2.75) is 0 Å². The van der Waals surface area contributed by atoms with Gasteiger partial charge in [-0.3, -0.25) is 0 Å². The summed E-state index contributed by atoms with van der Waals surface area (Å²) in [7, 11) is 3.56. The fraction of sp³-hybridized carbons (Fsp3) is 0.154. The molecule has 1 N–H and O–H groups in total. The van der Waals surface area contributed by atoms with E-state index in [0.29, 0.717) is 22.9 Å². The smallest absolute Gasteiger partial charge is 0.224 e. The minimum atomic E-state index is -0.288. The number of nitrogens with one attached hydrogen (secondary N) is 1. The zero-order chi connectivity index (χ0) is 13.4. The van der Waals surface area contributed by atoms with Crippen LogP contribution in [0.4, 0.5) is 10.3 Å². The molecule has 1 aromatic carbocycles. The van der Waals surface area contributed by atoms with Crippen LogP contribution in [0.5, 0.6) is 0 Å². The third-order valence-electron chi connectivity index (χ3n) is 2.90. The topological polar surface area (TPSA) is 55.6 Å². The summed E-state index contributed by atoms with van der Waals surface area (Å²) in [6.45, 7) is 0. The minimum absolute atomic E-state index is 0.288. The van der Waals surface area contributed by atoms with Crippen molar-refractivity contribution >= 4 is 17.0 Å². The summed E-state index contributed by atoms with van der Waals surface area (Å²) in [6, 6.07) is 6.34. The van der Waals surface area contributed by atoms with Gasteiger partial charge in [-0.05, 0) is 12.1 Å². The Kier molecular flexibility index (Phi) is 2.63. The summed E-state index contributed by atoms with van der Waals surface area (Å²) in [5.74, 6) is 0.241. The molecule has 0 saturated carbocycles. The van der Waals surface area contributed by atoms with E-state index in [0.717, 1.165) is 5.39 Å². The first kappa shape index (κ1) is 11.6.